The van der Waals surface area contributed by atoms with Crippen molar-refractivity contribution in [1.82, 2.24) is 0 Å². The summed E-state index contributed by atoms with van der Waals surface area (Å²) in [6.07, 6.45) is 3.88. The van der Waals surface area contributed by atoms with Crippen LogP contribution in [-0.2, 0) is 14.2 Å². The summed E-state index contributed by atoms with van der Waals surface area (Å²) in [7, 11) is 1.62. The number of nitrogens with two attached hydrogens (primary N) is 1. The lowest BCUT2D eigenvalue weighted by Gasteiger charge is -2.29. The van der Waals surface area contributed by atoms with Gasteiger partial charge in [0.15, 0.2) is 0 Å². The van der Waals surface area contributed by atoms with E-state index in [2.05, 4.69) is 0 Å². The van der Waals surface area contributed by atoms with Gasteiger partial charge in [-0.25, -0.2) is 0 Å². The number of methoxy groups -OCH3 is 1. The molecule has 0 aromatic heterocycles. The Morgan fingerprint density at radius 3 is 2.71 bits per heavy atom. The number of hydrogen-bond acceptors (Lipinski definition) is 5. The summed E-state index contributed by atoms with van der Waals surface area (Å²) in [4.78, 5) is 0. The number of hydrogen-bond donors (Lipinski definition) is 2. The molecule has 0 saturated heterocycles. The van der Waals surface area contributed by atoms with Crippen LogP contribution in [0.1, 0.15) is 25.7 Å². The average molecular weight is 247 g/mol. The molecule has 1 saturated carbocycles. The lowest BCUT2D eigenvalue weighted by Crippen LogP contribution is -2.41. The maximum atomic E-state index is 9.63. The normalized spacial score (nSPS) is 27.0. The van der Waals surface area contributed by atoms with Crippen LogP contribution in [0.5, 0.6) is 0 Å². The van der Waals surface area contributed by atoms with Gasteiger partial charge >= 0.3 is 0 Å². The SMILES string of the molecule is COCCOCC(O)COC1CCCCC1N. The van der Waals surface area contributed by atoms with E-state index in [0.717, 1.165) is 12.8 Å². The highest BCUT2D eigenvalue weighted by Gasteiger charge is 2.23. The molecule has 1 fully saturated rings. The molecule has 5 nitrogen and oxygen atoms in total. The largest absolute Gasteiger partial charge is 0.388 e. The second-order valence-electron chi connectivity index (χ2n) is 4.54. The first-order valence-electron chi connectivity index (χ1n) is 6.36. The predicted octanol–water partition coefficient (Wildman–Crippen LogP) is 0.297. The molecule has 0 amide bonds. The smallest absolute Gasteiger partial charge is 0.101 e. The van der Waals surface area contributed by atoms with Gasteiger partial charge in [-0.1, -0.05) is 12.8 Å². The zero-order valence-corrected chi connectivity index (χ0v) is 10.6. The Hall–Kier alpha value is -0.200. The molecule has 1 rings (SSSR count). The fraction of sp³-hybridized carbons (Fsp3) is 1.00. The van der Waals surface area contributed by atoms with Crippen molar-refractivity contribution in [3.63, 3.8) is 0 Å². The maximum absolute atomic E-state index is 9.63. The van der Waals surface area contributed by atoms with E-state index >= 15 is 0 Å². The Balaban J connectivity index is 2.03. The highest BCUT2D eigenvalue weighted by atomic mass is 16.5. The summed E-state index contributed by atoms with van der Waals surface area (Å²) >= 11 is 0. The molecule has 1 aliphatic rings. The maximum Gasteiger partial charge on any atom is 0.101 e. The van der Waals surface area contributed by atoms with E-state index in [1.54, 1.807) is 7.11 Å². The highest BCUT2D eigenvalue weighted by molar-refractivity contribution is 4.78. The fourth-order valence-electron chi connectivity index (χ4n) is 1.98. The molecule has 1 aliphatic carbocycles. The second-order valence-corrected chi connectivity index (χ2v) is 4.54. The molecule has 0 aromatic carbocycles. The third-order valence-corrected chi connectivity index (χ3v) is 3.00. The molecule has 0 aliphatic heterocycles. The van der Waals surface area contributed by atoms with Crippen molar-refractivity contribution in [3.05, 3.63) is 0 Å². The molecule has 17 heavy (non-hydrogen) atoms. The van der Waals surface area contributed by atoms with Crippen LogP contribution < -0.4 is 5.73 Å². The van der Waals surface area contributed by atoms with E-state index < -0.39 is 6.10 Å². The van der Waals surface area contributed by atoms with E-state index in [1.807, 2.05) is 0 Å². The molecule has 0 spiro atoms. The third-order valence-electron chi connectivity index (χ3n) is 3.00. The molecule has 5 heteroatoms. The monoisotopic (exact) mass is 247 g/mol. The van der Waals surface area contributed by atoms with Gasteiger partial charge in [-0.2, -0.15) is 0 Å². The molecular formula is C12H25NO4. The van der Waals surface area contributed by atoms with Gasteiger partial charge in [0, 0.05) is 13.2 Å². The molecule has 0 radical (unpaired) electrons. The zero-order chi connectivity index (χ0) is 12.5. The topological polar surface area (TPSA) is 73.9 Å². The molecule has 3 N–H and O–H groups in total. The second kappa shape index (κ2) is 8.83. The third kappa shape index (κ3) is 6.33. The van der Waals surface area contributed by atoms with Crippen molar-refractivity contribution in [3.8, 4) is 0 Å². The van der Waals surface area contributed by atoms with Crippen LogP contribution >= 0.6 is 0 Å². The summed E-state index contributed by atoms with van der Waals surface area (Å²) in [6.45, 7) is 1.62. The van der Waals surface area contributed by atoms with E-state index in [4.69, 9.17) is 19.9 Å². The van der Waals surface area contributed by atoms with Crippen molar-refractivity contribution in [2.24, 2.45) is 5.73 Å². The Bertz CT molecular complexity index is 191. The van der Waals surface area contributed by atoms with Gasteiger partial charge in [-0.3, -0.25) is 0 Å². The van der Waals surface area contributed by atoms with Crippen molar-refractivity contribution < 1.29 is 19.3 Å². The van der Waals surface area contributed by atoms with Gasteiger partial charge in [0.1, 0.15) is 6.10 Å². The fourth-order valence-corrected chi connectivity index (χ4v) is 1.98. The summed E-state index contributed by atoms with van der Waals surface area (Å²) in [5, 5.41) is 9.63. The summed E-state index contributed by atoms with van der Waals surface area (Å²) in [5.41, 5.74) is 5.95. The number of aliphatic hydroxyl groups is 1. The van der Waals surface area contributed by atoms with Gasteiger partial charge in [0.25, 0.3) is 0 Å². The summed E-state index contributed by atoms with van der Waals surface area (Å²) < 4.78 is 15.7. The standard InChI is InChI=1S/C12H25NO4/c1-15-6-7-16-8-10(14)9-17-12-5-3-2-4-11(12)13/h10-12,14H,2-9,13H2,1H3. The molecule has 0 bridgehead atoms. The van der Waals surface area contributed by atoms with Crippen LogP contribution in [0, 0.1) is 0 Å². The van der Waals surface area contributed by atoms with E-state index in [0.29, 0.717) is 19.8 Å². The minimum absolute atomic E-state index is 0.0948. The van der Waals surface area contributed by atoms with Crippen LogP contribution in [0.2, 0.25) is 0 Å². The minimum Gasteiger partial charge on any atom is -0.388 e. The van der Waals surface area contributed by atoms with Crippen molar-refractivity contribution in [2.45, 2.75) is 43.9 Å². The molecule has 3 atom stereocenters. The van der Waals surface area contributed by atoms with Crippen LogP contribution in [-0.4, -0.2) is 56.9 Å². The van der Waals surface area contributed by atoms with Crippen LogP contribution in [0.4, 0.5) is 0 Å². The summed E-state index contributed by atoms with van der Waals surface area (Å²) in [5.74, 6) is 0. The molecule has 3 unspecified atom stereocenters. The first kappa shape index (κ1) is 14.9. The van der Waals surface area contributed by atoms with E-state index in [9.17, 15) is 5.11 Å². The summed E-state index contributed by atoms with van der Waals surface area (Å²) in [6, 6.07) is 0.116. The van der Waals surface area contributed by atoms with Crippen LogP contribution in [0.15, 0.2) is 0 Å². The Morgan fingerprint density at radius 1 is 1.24 bits per heavy atom. The Kier molecular flexibility index (Phi) is 7.72. The Labute approximate surface area is 103 Å². The van der Waals surface area contributed by atoms with Gasteiger partial charge < -0.3 is 25.1 Å². The van der Waals surface area contributed by atoms with E-state index in [-0.39, 0.29) is 18.8 Å². The van der Waals surface area contributed by atoms with Crippen molar-refractivity contribution >= 4 is 0 Å². The quantitative estimate of drug-likeness (QED) is 0.603. The predicted molar refractivity (Wildman–Crippen MR) is 64.9 cm³/mol. The van der Waals surface area contributed by atoms with Gasteiger partial charge in [-0.05, 0) is 12.8 Å². The van der Waals surface area contributed by atoms with Gasteiger partial charge in [0.05, 0.1) is 32.5 Å². The zero-order valence-electron chi connectivity index (χ0n) is 10.6. The number of rotatable bonds is 8. The van der Waals surface area contributed by atoms with E-state index in [1.165, 1.54) is 12.8 Å². The first-order chi connectivity index (χ1) is 8.24. The molecule has 102 valence electrons. The molecule has 0 heterocycles. The first-order valence-corrected chi connectivity index (χ1v) is 6.36. The highest BCUT2D eigenvalue weighted by Crippen LogP contribution is 2.19. The lowest BCUT2D eigenvalue weighted by molar-refractivity contribution is -0.0621. The molecular weight excluding hydrogens is 222 g/mol. The Morgan fingerprint density at radius 2 is 2.00 bits per heavy atom. The van der Waals surface area contributed by atoms with Crippen LogP contribution in [0.3, 0.4) is 0 Å². The van der Waals surface area contributed by atoms with Crippen LogP contribution in [0.25, 0.3) is 0 Å². The lowest BCUT2D eigenvalue weighted by atomic mass is 9.93. The van der Waals surface area contributed by atoms with Gasteiger partial charge in [-0.15, -0.1) is 0 Å². The number of ether oxygens (including phenoxy) is 3. The average Bonchev–Trinajstić information content (AvgIpc) is 2.34. The minimum atomic E-state index is -0.582. The number of aliphatic hydroxyl groups excluding tert-OH is 1. The van der Waals surface area contributed by atoms with Crippen molar-refractivity contribution in [1.29, 1.82) is 0 Å². The van der Waals surface area contributed by atoms with Gasteiger partial charge in [0.2, 0.25) is 0 Å². The van der Waals surface area contributed by atoms with Crippen molar-refractivity contribution in [2.75, 3.05) is 33.5 Å². The molecule has 0 aromatic rings.